The van der Waals surface area contributed by atoms with Crippen molar-refractivity contribution in [1.29, 1.82) is 0 Å². The molecule has 1 atom stereocenters. The lowest BCUT2D eigenvalue weighted by Gasteiger charge is -2.22. The number of aryl methyl sites for hydroxylation is 2. The van der Waals surface area contributed by atoms with Gasteiger partial charge in [0.25, 0.3) is 5.91 Å². The molecule has 20 heavy (non-hydrogen) atoms. The van der Waals surface area contributed by atoms with E-state index in [0.29, 0.717) is 5.69 Å². The van der Waals surface area contributed by atoms with Gasteiger partial charge in [-0.3, -0.25) is 9.48 Å². The van der Waals surface area contributed by atoms with Crippen molar-refractivity contribution in [2.75, 3.05) is 6.54 Å². The molecule has 1 aliphatic rings. The average molecular weight is 355 g/mol. The Bertz CT molecular complexity index is 651. The molecule has 0 aliphatic carbocycles. The highest BCUT2D eigenvalue weighted by Gasteiger charge is 2.33. The van der Waals surface area contributed by atoms with Crippen LogP contribution in [-0.2, 0) is 7.05 Å². The van der Waals surface area contributed by atoms with Crippen LogP contribution in [0.15, 0.2) is 16.0 Å². The molecule has 3 heterocycles. The maximum atomic E-state index is 12.7. The Morgan fingerprint density at radius 3 is 2.95 bits per heavy atom. The molecule has 1 fully saturated rings. The highest BCUT2D eigenvalue weighted by atomic mass is 79.9. The largest absolute Gasteiger partial charge is 0.329 e. The molecule has 3 rings (SSSR count). The van der Waals surface area contributed by atoms with Gasteiger partial charge in [0.1, 0.15) is 0 Å². The van der Waals surface area contributed by atoms with E-state index >= 15 is 0 Å². The molecular formula is C13H15BrN4OS. The average Bonchev–Trinajstić information content (AvgIpc) is 3.08. The van der Waals surface area contributed by atoms with Crippen LogP contribution in [0.5, 0.6) is 0 Å². The third kappa shape index (κ3) is 2.40. The molecule has 2 aromatic heterocycles. The molecule has 1 amide bonds. The third-order valence-corrected chi connectivity index (χ3v) is 4.85. The molecule has 7 heteroatoms. The summed E-state index contributed by atoms with van der Waals surface area (Å²) in [4.78, 5) is 19.1. The first-order valence-electron chi connectivity index (χ1n) is 6.48. The van der Waals surface area contributed by atoms with Crippen LogP contribution in [0.4, 0.5) is 0 Å². The highest BCUT2D eigenvalue weighted by molar-refractivity contribution is 9.10. The van der Waals surface area contributed by atoms with Crippen molar-refractivity contribution in [3.8, 4) is 0 Å². The maximum absolute atomic E-state index is 12.7. The van der Waals surface area contributed by atoms with Gasteiger partial charge in [-0.2, -0.15) is 5.10 Å². The van der Waals surface area contributed by atoms with Gasteiger partial charge in [0.15, 0.2) is 5.69 Å². The number of aromatic nitrogens is 3. The molecule has 1 unspecified atom stereocenters. The maximum Gasteiger partial charge on any atom is 0.276 e. The minimum absolute atomic E-state index is 0.0226. The minimum atomic E-state index is -0.0226. The number of halogens is 1. The van der Waals surface area contributed by atoms with Crippen molar-refractivity contribution in [3.05, 3.63) is 32.4 Å². The van der Waals surface area contributed by atoms with Gasteiger partial charge in [-0.05, 0) is 35.7 Å². The van der Waals surface area contributed by atoms with E-state index in [1.807, 2.05) is 18.9 Å². The standard InChI is InChI=1S/C13H15BrN4OS/c1-8-15-10(7-20-8)11-4-3-5-18(11)13(19)12-9(14)6-17(2)16-12/h6-7,11H,3-5H2,1-2H3. The van der Waals surface area contributed by atoms with E-state index in [1.54, 1.807) is 22.2 Å². The fraction of sp³-hybridized carbons (Fsp3) is 0.462. The summed E-state index contributed by atoms with van der Waals surface area (Å²) in [5.74, 6) is -0.0226. The third-order valence-electron chi connectivity index (χ3n) is 3.48. The number of nitrogens with zero attached hydrogens (tertiary/aromatic N) is 4. The Labute approximate surface area is 129 Å². The molecule has 1 saturated heterocycles. The lowest BCUT2D eigenvalue weighted by molar-refractivity contribution is 0.0725. The van der Waals surface area contributed by atoms with Crippen molar-refractivity contribution < 1.29 is 4.79 Å². The summed E-state index contributed by atoms with van der Waals surface area (Å²) in [7, 11) is 1.81. The van der Waals surface area contributed by atoms with E-state index < -0.39 is 0 Å². The summed E-state index contributed by atoms with van der Waals surface area (Å²) in [5.41, 5.74) is 1.48. The Kier molecular flexibility index (Phi) is 3.64. The van der Waals surface area contributed by atoms with Crippen molar-refractivity contribution in [3.63, 3.8) is 0 Å². The molecule has 2 aromatic rings. The van der Waals surface area contributed by atoms with E-state index in [9.17, 15) is 4.79 Å². The Balaban J connectivity index is 1.89. The second-order valence-electron chi connectivity index (χ2n) is 4.95. The Hall–Kier alpha value is -1.21. The van der Waals surface area contributed by atoms with Gasteiger partial charge < -0.3 is 4.90 Å². The monoisotopic (exact) mass is 354 g/mol. The fourth-order valence-corrected chi connectivity index (χ4v) is 3.80. The smallest absolute Gasteiger partial charge is 0.276 e. The van der Waals surface area contributed by atoms with Crippen LogP contribution in [-0.4, -0.2) is 32.1 Å². The van der Waals surface area contributed by atoms with Gasteiger partial charge in [0.05, 0.1) is 21.2 Å². The van der Waals surface area contributed by atoms with Gasteiger partial charge >= 0.3 is 0 Å². The zero-order valence-electron chi connectivity index (χ0n) is 11.3. The second-order valence-corrected chi connectivity index (χ2v) is 6.86. The van der Waals surface area contributed by atoms with Gasteiger partial charge in [0.2, 0.25) is 0 Å². The molecule has 1 aliphatic heterocycles. The predicted octanol–water partition coefficient (Wildman–Crippen LogP) is 2.92. The van der Waals surface area contributed by atoms with Gasteiger partial charge in [-0.1, -0.05) is 0 Å². The lowest BCUT2D eigenvalue weighted by atomic mass is 10.1. The van der Waals surface area contributed by atoms with E-state index in [0.717, 1.165) is 34.6 Å². The topological polar surface area (TPSA) is 51.0 Å². The first-order valence-corrected chi connectivity index (χ1v) is 8.15. The Morgan fingerprint density at radius 2 is 2.35 bits per heavy atom. The second kappa shape index (κ2) is 5.29. The van der Waals surface area contributed by atoms with Crippen LogP contribution < -0.4 is 0 Å². The molecule has 0 radical (unpaired) electrons. The van der Waals surface area contributed by atoms with E-state index in [2.05, 4.69) is 31.4 Å². The Morgan fingerprint density at radius 1 is 1.55 bits per heavy atom. The van der Waals surface area contributed by atoms with Crippen molar-refractivity contribution >= 4 is 33.2 Å². The van der Waals surface area contributed by atoms with E-state index in [4.69, 9.17) is 0 Å². The molecule has 0 bridgehead atoms. The van der Waals surface area contributed by atoms with Crippen LogP contribution in [0.1, 0.15) is 40.1 Å². The van der Waals surface area contributed by atoms with Crippen molar-refractivity contribution in [2.45, 2.75) is 25.8 Å². The zero-order chi connectivity index (χ0) is 14.3. The van der Waals surface area contributed by atoms with Gasteiger partial charge in [-0.15, -0.1) is 11.3 Å². The summed E-state index contributed by atoms with van der Waals surface area (Å²) in [6.45, 7) is 2.76. The number of carbonyl (C=O) groups is 1. The molecule has 0 aromatic carbocycles. The summed E-state index contributed by atoms with van der Waals surface area (Å²) in [6.07, 6.45) is 3.78. The first-order chi connectivity index (χ1) is 9.56. The number of rotatable bonds is 2. The predicted molar refractivity (Wildman–Crippen MR) is 80.8 cm³/mol. The summed E-state index contributed by atoms with van der Waals surface area (Å²) >= 11 is 5.03. The van der Waals surface area contributed by atoms with E-state index in [1.165, 1.54) is 0 Å². The lowest BCUT2D eigenvalue weighted by Crippen LogP contribution is -2.31. The number of carbonyl (C=O) groups excluding carboxylic acids is 1. The van der Waals surface area contributed by atoms with Crippen LogP contribution >= 0.6 is 27.3 Å². The highest BCUT2D eigenvalue weighted by Crippen LogP contribution is 2.34. The van der Waals surface area contributed by atoms with Crippen molar-refractivity contribution in [2.24, 2.45) is 7.05 Å². The van der Waals surface area contributed by atoms with Crippen LogP contribution in [0, 0.1) is 6.92 Å². The summed E-state index contributed by atoms with van der Waals surface area (Å²) in [5, 5.41) is 7.34. The molecule has 0 spiro atoms. The van der Waals surface area contributed by atoms with Gasteiger partial charge in [0, 0.05) is 25.2 Å². The first kappa shape index (κ1) is 13.8. The molecular weight excluding hydrogens is 340 g/mol. The van der Waals surface area contributed by atoms with Crippen molar-refractivity contribution in [1.82, 2.24) is 19.7 Å². The SMILES string of the molecule is Cc1nc(C2CCCN2C(=O)c2nn(C)cc2Br)cs1. The van der Waals surface area contributed by atoms with Crippen LogP contribution in [0.25, 0.3) is 0 Å². The quantitative estimate of drug-likeness (QED) is 0.832. The number of hydrogen-bond acceptors (Lipinski definition) is 4. The molecule has 0 saturated carbocycles. The van der Waals surface area contributed by atoms with Crippen LogP contribution in [0.3, 0.4) is 0 Å². The normalized spacial score (nSPS) is 18.8. The van der Waals surface area contributed by atoms with E-state index in [-0.39, 0.29) is 11.9 Å². The summed E-state index contributed by atoms with van der Waals surface area (Å²) in [6, 6.07) is 0.0846. The summed E-state index contributed by atoms with van der Waals surface area (Å²) < 4.78 is 2.39. The minimum Gasteiger partial charge on any atom is -0.329 e. The number of hydrogen-bond donors (Lipinski definition) is 0. The number of thiazole rings is 1. The molecule has 106 valence electrons. The zero-order valence-corrected chi connectivity index (χ0v) is 13.7. The fourth-order valence-electron chi connectivity index (χ4n) is 2.59. The molecule has 5 nitrogen and oxygen atoms in total. The molecule has 0 N–H and O–H groups in total. The number of amides is 1. The number of likely N-dealkylation sites (tertiary alicyclic amines) is 1. The van der Waals surface area contributed by atoms with Crippen LogP contribution in [0.2, 0.25) is 0 Å². The van der Waals surface area contributed by atoms with Gasteiger partial charge in [-0.25, -0.2) is 4.98 Å².